The largest absolute Gasteiger partial charge is 0.497 e. The van der Waals surface area contributed by atoms with E-state index >= 15 is 4.79 Å². The first-order valence-electron chi connectivity index (χ1n) is 31.9. The van der Waals surface area contributed by atoms with Crippen molar-refractivity contribution < 1.29 is 42.9 Å². The number of hydrogen-bond acceptors (Lipinski definition) is 19. The van der Waals surface area contributed by atoms with Crippen LogP contribution in [0.2, 0.25) is 10.0 Å². The highest BCUT2D eigenvalue weighted by Crippen LogP contribution is 2.46. The molecule has 7 aromatic rings. The Kier molecular flexibility index (Phi) is 22.1. The molecule has 4 aromatic heterocycles. The summed E-state index contributed by atoms with van der Waals surface area (Å²) in [4.78, 5) is 96.6. The third-order valence-corrected chi connectivity index (χ3v) is 17.6. The second-order valence-electron chi connectivity index (χ2n) is 23.9. The molecule has 1 aliphatic carbocycles. The zero-order valence-electron chi connectivity index (χ0n) is 53.5. The number of nitrogens with zero attached hydrogens (tertiary/aromatic N) is 13. The van der Waals surface area contributed by atoms with Crippen LogP contribution in [0.5, 0.6) is 11.5 Å². The highest BCUT2D eigenvalue weighted by molar-refractivity contribution is 6.30. The number of rotatable bonds is 27. The summed E-state index contributed by atoms with van der Waals surface area (Å²) in [5, 5.41) is 16.5. The Morgan fingerprint density at radius 1 is 0.787 bits per heavy atom. The Morgan fingerprint density at radius 3 is 2.16 bits per heavy atom. The molecule has 3 fully saturated rings. The summed E-state index contributed by atoms with van der Waals surface area (Å²) >= 11 is 12.7. The topological polar surface area (TPSA) is 258 Å². The molecule has 2 saturated heterocycles. The van der Waals surface area contributed by atoms with Crippen LogP contribution in [0.25, 0.3) is 11.0 Å². The van der Waals surface area contributed by atoms with Crippen LogP contribution in [0.1, 0.15) is 103 Å². The molecule has 25 nitrogen and oxygen atoms in total. The molecule has 1 saturated carbocycles. The molecule has 0 radical (unpaired) electrons. The number of aromatic nitrogens is 7. The minimum atomic E-state index is -0.657. The number of nitrogens with one attached hydrogen (secondary N) is 2. The van der Waals surface area contributed by atoms with Gasteiger partial charge in [0.25, 0.3) is 5.56 Å². The average Bonchev–Trinajstić information content (AvgIpc) is 1.38. The molecule has 11 rings (SSSR count). The number of amidine groups is 1. The van der Waals surface area contributed by atoms with Crippen LogP contribution in [0.15, 0.2) is 107 Å². The lowest BCUT2D eigenvalue weighted by atomic mass is 9.93. The molecule has 3 aromatic carbocycles. The molecule has 2 atom stereocenters. The van der Waals surface area contributed by atoms with E-state index in [4.69, 9.17) is 56.9 Å². The van der Waals surface area contributed by atoms with Crippen molar-refractivity contribution in [1.29, 1.82) is 0 Å². The van der Waals surface area contributed by atoms with Crippen molar-refractivity contribution in [3.05, 3.63) is 151 Å². The predicted molar refractivity (Wildman–Crippen MR) is 356 cm³/mol. The predicted octanol–water partition coefficient (Wildman–Crippen LogP) is 8.25. The summed E-state index contributed by atoms with van der Waals surface area (Å²) in [6, 6.07) is 22.3. The summed E-state index contributed by atoms with van der Waals surface area (Å²) < 4.78 is 32.5. The van der Waals surface area contributed by atoms with Crippen LogP contribution >= 0.6 is 23.2 Å². The number of anilines is 3. The van der Waals surface area contributed by atoms with Gasteiger partial charge in [-0.2, -0.15) is 4.98 Å². The summed E-state index contributed by atoms with van der Waals surface area (Å²) in [5.41, 5.74) is 5.10. The van der Waals surface area contributed by atoms with Crippen LogP contribution in [0.3, 0.4) is 0 Å². The van der Waals surface area contributed by atoms with Gasteiger partial charge >= 0.3 is 6.03 Å². The molecule has 2 unspecified atom stereocenters. The van der Waals surface area contributed by atoms with Gasteiger partial charge in [-0.25, -0.2) is 19.4 Å². The summed E-state index contributed by atoms with van der Waals surface area (Å²) in [6.07, 6.45) is 9.06. The van der Waals surface area contributed by atoms with Crippen molar-refractivity contribution in [3.8, 4) is 11.5 Å². The number of pyridine rings is 2. The summed E-state index contributed by atoms with van der Waals surface area (Å²) in [7, 11) is 1.57. The van der Waals surface area contributed by atoms with Gasteiger partial charge in [0, 0.05) is 92.3 Å². The van der Waals surface area contributed by atoms with Crippen molar-refractivity contribution in [3.63, 3.8) is 0 Å². The molecule has 0 spiro atoms. The molecule has 3 aliphatic heterocycles. The number of hydrogen-bond donors (Lipinski definition) is 2. The second kappa shape index (κ2) is 31.1. The minimum Gasteiger partial charge on any atom is -0.497 e. The standard InChI is InChI=1S/C67H79Cl2N15O10/c1-43(2)94-56-36-53(90-5)19-20-54(56)63-74-61(46-10-14-48(68)15-11-46)62(47-12-16-49(69)17-13-47)84(63)67(89)81-28-27-80(59(87)42-81)41-58(86)70-22-30-91-32-34-93-35-33-92-31-29-82-40-50(76-77-82)39-78-23-25-79(26-24-78)52-18-21-57(71-37-52)73-66-72-38-55-44(3)60(45(4)85)65(88)83(64(55)75-66)51-8-6-7-9-51/h10-21,36-38,40,43,51,61-62H,6-9,22-35,39,41-42H2,1-5H3,(H,70,86)(H,71,72,73,75). The number of ketones is 1. The zero-order chi connectivity index (χ0) is 65.8. The highest BCUT2D eigenvalue weighted by Gasteiger charge is 2.46. The van der Waals surface area contributed by atoms with E-state index in [0.717, 1.165) is 74.4 Å². The number of amides is 4. The smallest absolute Gasteiger partial charge is 0.326 e. The monoisotopic (exact) mass is 1320 g/mol. The Hall–Kier alpha value is -8.59. The van der Waals surface area contributed by atoms with E-state index < -0.39 is 18.1 Å². The van der Waals surface area contributed by atoms with E-state index in [1.807, 2.05) is 68.7 Å². The molecule has 0 bridgehead atoms. The van der Waals surface area contributed by atoms with E-state index in [1.54, 1.807) is 70.8 Å². The first kappa shape index (κ1) is 66.9. The quantitative estimate of drug-likeness (QED) is 0.0363. The molecule has 4 aliphatic rings. The van der Waals surface area contributed by atoms with Gasteiger partial charge in [-0.05, 0) is 106 Å². The molecule has 2 N–H and O–H groups in total. The number of halogens is 2. The number of aliphatic imine (C=N–C) groups is 1. The number of ether oxygens (including phenoxy) is 5. The maximum atomic E-state index is 15.1. The summed E-state index contributed by atoms with van der Waals surface area (Å²) in [5.74, 6) is 1.33. The fourth-order valence-corrected chi connectivity index (χ4v) is 12.6. The number of aryl methyl sites for hydroxylation is 1. The van der Waals surface area contributed by atoms with E-state index in [1.165, 1.54) is 16.7 Å². The number of carbonyl (C=O) groups excluding carboxylic acids is 4. The lowest BCUT2D eigenvalue weighted by Gasteiger charge is -2.38. The Bertz CT molecular complexity index is 3900. The molecule has 94 heavy (non-hydrogen) atoms. The fraction of sp³-hybridized carbons (Fsp3) is 0.448. The Labute approximate surface area is 555 Å². The van der Waals surface area contributed by atoms with Crippen molar-refractivity contribution in [2.45, 2.75) is 90.7 Å². The number of carbonyl (C=O) groups is 4. The van der Waals surface area contributed by atoms with Crippen LogP contribution in [-0.2, 0) is 36.9 Å². The normalized spacial score (nSPS) is 17.1. The van der Waals surface area contributed by atoms with Gasteiger partial charge in [0.05, 0.1) is 101 Å². The van der Waals surface area contributed by atoms with E-state index in [2.05, 4.69) is 40.7 Å². The van der Waals surface area contributed by atoms with Crippen LogP contribution in [0, 0.1) is 6.92 Å². The molecule has 27 heteroatoms. The molecule has 4 amide bonds. The van der Waals surface area contributed by atoms with Crippen LogP contribution < -0.4 is 30.6 Å². The first-order valence-corrected chi connectivity index (χ1v) is 32.7. The third-order valence-electron chi connectivity index (χ3n) is 17.1. The van der Waals surface area contributed by atoms with E-state index in [9.17, 15) is 19.2 Å². The maximum absolute atomic E-state index is 15.1. The van der Waals surface area contributed by atoms with Gasteiger partial charge in [-0.3, -0.25) is 38.5 Å². The number of methoxy groups -OCH3 is 1. The number of benzene rings is 3. The SMILES string of the molecule is COc1ccc(C2=NC(c3ccc(Cl)cc3)C(c3ccc(Cl)cc3)N2C(=O)N2CCN(CC(=O)NCCOCCOCCOCCn3cc(CN4CCN(c5ccc(Nc6ncc7c(C)c(C(C)=O)c(=O)n(C8CCCC8)c7n6)nc5)CC4)nn3)C(=O)C2)c(OC(C)C)c1. The molecule has 496 valence electrons. The van der Waals surface area contributed by atoms with Gasteiger partial charge in [-0.15, -0.1) is 5.10 Å². The van der Waals surface area contributed by atoms with Crippen molar-refractivity contribution in [2.24, 2.45) is 4.99 Å². The van der Waals surface area contributed by atoms with Gasteiger partial charge in [-0.1, -0.05) is 65.5 Å². The maximum Gasteiger partial charge on any atom is 0.326 e. The summed E-state index contributed by atoms with van der Waals surface area (Å²) in [6.45, 7) is 13.8. The minimum absolute atomic E-state index is 0.00666. The molecular weight excluding hydrogens is 1250 g/mol. The van der Waals surface area contributed by atoms with E-state index in [0.29, 0.717) is 107 Å². The van der Waals surface area contributed by atoms with Crippen LogP contribution in [0.4, 0.5) is 22.2 Å². The fourth-order valence-electron chi connectivity index (χ4n) is 12.4. The Morgan fingerprint density at radius 2 is 1.49 bits per heavy atom. The van der Waals surface area contributed by atoms with Crippen LogP contribution in [-0.4, -0.2) is 195 Å². The van der Waals surface area contributed by atoms with Crippen molar-refractivity contribution >= 4 is 81.2 Å². The van der Waals surface area contributed by atoms with Crippen molar-refractivity contribution in [1.82, 2.24) is 59.4 Å². The lowest BCUT2D eigenvalue weighted by molar-refractivity contribution is -0.139. The van der Waals surface area contributed by atoms with Gasteiger partial charge in [0.2, 0.25) is 17.8 Å². The van der Waals surface area contributed by atoms with Gasteiger partial charge in [0.1, 0.15) is 41.4 Å². The molecular formula is C67H79Cl2N15O10. The van der Waals surface area contributed by atoms with E-state index in [-0.39, 0.29) is 80.2 Å². The van der Waals surface area contributed by atoms with Crippen molar-refractivity contribution in [2.75, 3.05) is 116 Å². The lowest BCUT2D eigenvalue weighted by Crippen LogP contribution is -2.57. The highest BCUT2D eigenvalue weighted by atomic mass is 35.5. The number of Topliss-reactive ketones (excluding diaryl/α,β-unsaturated/α-hetero) is 1. The zero-order valence-corrected chi connectivity index (χ0v) is 55.1. The van der Waals surface area contributed by atoms with Gasteiger partial charge in [0.15, 0.2) is 5.78 Å². The molecule has 7 heterocycles. The number of fused-ring (bicyclic) bond motifs is 1. The number of piperazine rings is 2. The van der Waals surface area contributed by atoms with Gasteiger partial charge < -0.3 is 49.0 Å². The average molecular weight is 1330 g/mol. The second-order valence-corrected chi connectivity index (χ2v) is 24.8. The Balaban J connectivity index is 0.559. The third kappa shape index (κ3) is 16.1. The number of urea groups is 1. The first-order chi connectivity index (χ1) is 45.6.